The van der Waals surface area contributed by atoms with Crippen LogP contribution in [-0.2, 0) is 26.0 Å². The lowest BCUT2D eigenvalue weighted by Crippen LogP contribution is -2.39. The molecule has 0 bridgehead atoms. The monoisotopic (exact) mass is 468 g/mol. The Morgan fingerprint density at radius 1 is 1.00 bits per heavy atom. The Kier molecular flexibility index (Phi) is 6.15. The minimum absolute atomic E-state index is 0.0157. The number of hydrogen-bond donors (Lipinski definition) is 1. The van der Waals surface area contributed by atoms with Crippen molar-refractivity contribution in [1.82, 2.24) is 0 Å². The summed E-state index contributed by atoms with van der Waals surface area (Å²) in [6, 6.07) is 17.7. The predicted molar refractivity (Wildman–Crippen MR) is 121 cm³/mol. The number of carbonyl (C=O) groups excluding carboxylic acids is 2. The van der Waals surface area contributed by atoms with Gasteiger partial charge in [-0.3, -0.25) is 9.52 Å². The third kappa shape index (κ3) is 4.73. The van der Waals surface area contributed by atoms with Gasteiger partial charge in [-0.25, -0.2) is 17.6 Å². The second-order valence-corrected chi connectivity index (χ2v) is 9.20. The van der Waals surface area contributed by atoms with Gasteiger partial charge in [-0.2, -0.15) is 0 Å². The molecule has 1 unspecified atom stereocenters. The summed E-state index contributed by atoms with van der Waals surface area (Å²) < 4.78 is 46.2. The maximum atomic E-state index is 13.1. The molecule has 1 aliphatic rings. The molecule has 0 saturated carbocycles. The predicted octanol–water partition coefficient (Wildman–Crippen LogP) is 3.76. The van der Waals surface area contributed by atoms with E-state index < -0.39 is 27.9 Å². The van der Waals surface area contributed by atoms with Crippen molar-refractivity contribution in [3.8, 4) is 0 Å². The third-order valence-corrected chi connectivity index (χ3v) is 6.68. The fourth-order valence-corrected chi connectivity index (χ4v) is 4.71. The molecule has 1 heterocycles. The van der Waals surface area contributed by atoms with Crippen LogP contribution in [0.4, 0.5) is 15.8 Å². The molecule has 7 nitrogen and oxygen atoms in total. The van der Waals surface area contributed by atoms with Gasteiger partial charge in [-0.15, -0.1) is 0 Å². The van der Waals surface area contributed by atoms with Crippen molar-refractivity contribution in [2.24, 2.45) is 0 Å². The lowest BCUT2D eigenvalue weighted by molar-refractivity contribution is -0.126. The van der Waals surface area contributed by atoms with Crippen LogP contribution in [0.25, 0.3) is 0 Å². The van der Waals surface area contributed by atoms with E-state index in [9.17, 15) is 22.4 Å². The maximum absolute atomic E-state index is 13.1. The molecule has 170 valence electrons. The second-order valence-electron chi connectivity index (χ2n) is 7.52. The zero-order chi connectivity index (χ0) is 23.6. The van der Waals surface area contributed by atoms with Crippen molar-refractivity contribution < 1.29 is 27.1 Å². The summed E-state index contributed by atoms with van der Waals surface area (Å²) in [6.45, 7) is 1.97. The number of nitrogens with one attached hydrogen (secondary N) is 1. The maximum Gasteiger partial charge on any atom is 0.341 e. The van der Waals surface area contributed by atoms with E-state index in [4.69, 9.17) is 4.74 Å². The first kappa shape index (κ1) is 22.5. The topological polar surface area (TPSA) is 92.8 Å². The molecule has 3 aromatic rings. The molecule has 0 saturated heterocycles. The highest BCUT2D eigenvalue weighted by Gasteiger charge is 2.30. The van der Waals surface area contributed by atoms with Gasteiger partial charge in [0, 0.05) is 12.2 Å². The van der Waals surface area contributed by atoms with Crippen LogP contribution >= 0.6 is 0 Å². The molecule has 9 heteroatoms. The molecular formula is C24H21FN2O5S. The van der Waals surface area contributed by atoms with Crippen LogP contribution in [0.2, 0.25) is 0 Å². The van der Waals surface area contributed by atoms with Crippen LogP contribution < -0.4 is 9.62 Å². The number of rotatable bonds is 6. The molecule has 1 N–H and O–H groups in total. The zero-order valence-corrected chi connectivity index (χ0v) is 18.5. The molecule has 1 atom stereocenters. The van der Waals surface area contributed by atoms with Crippen LogP contribution in [-0.4, -0.2) is 32.9 Å². The van der Waals surface area contributed by atoms with Crippen molar-refractivity contribution in [2.45, 2.75) is 24.3 Å². The Bertz CT molecular complexity index is 1310. The minimum Gasteiger partial charge on any atom is -0.449 e. The second kappa shape index (κ2) is 9.03. The van der Waals surface area contributed by atoms with Gasteiger partial charge < -0.3 is 9.64 Å². The van der Waals surface area contributed by atoms with Gasteiger partial charge in [-0.1, -0.05) is 30.3 Å². The summed E-state index contributed by atoms with van der Waals surface area (Å²) >= 11 is 0. The summed E-state index contributed by atoms with van der Waals surface area (Å²) in [4.78, 5) is 27.2. The van der Waals surface area contributed by atoms with Gasteiger partial charge in [0.15, 0.2) is 6.10 Å². The van der Waals surface area contributed by atoms with E-state index in [0.717, 1.165) is 41.9 Å². The number of halogens is 1. The first-order chi connectivity index (χ1) is 15.8. The number of amides is 1. The quantitative estimate of drug-likeness (QED) is 0.556. The number of hydrogen-bond acceptors (Lipinski definition) is 5. The van der Waals surface area contributed by atoms with E-state index in [1.807, 2.05) is 24.3 Å². The van der Waals surface area contributed by atoms with Crippen LogP contribution in [0, 0.1) is 5.82 Å². The van der Waals surface area contributed by atoms with Crippen LogP contribution in [0.1, 0.15) is 22.8 Å². The molecule has 0 spiro atoms. The average molecular weight is 469 g/mol. The Morgan fingerprint density at radius 2 is 1.67 bits per heavy atom. The standard InChI is InChI=1S/C24H21FN2O5S/c1-16(23(28)27-15-14-17-6-2-5-9-22(17)27)32-24(29)20-7-3-4-8-21(20)26-33(30,31)19-12-10-18(25)11-13-19/h2-13,16,26H,14-15H2,1H3. The van der Waals surface area contributed by atoms with Gasteiger partial charge >= 0.3 is 5.97 Å². The molecule has 1 aliphatic heterocycles. The van der Waals surface area contributed by atoms with Crippen molar-refractivity contribution in [2.75, 3.05) is 16.2 Å². The molecule has 3 aromatic carbocycles. The Balaban J connectivity index is 1.50. The minimum atomic E-state index is -4.08. The van der Waals surface area contributed by atoms with Gasteiger partial charge in [0.25, 0.3) is 15.9 Å². The number of ether oxygens (including phenoxy) is 1. The molecule has 0 fully saturated rings. The van der Waals surface area contributed by atoms with Crippen LogP contribution in [0.15, 0.2) is 77.7 Å². The molecule has 4 rings (SSSR count). The molecular weight excluding hydrogens is 447 g/mol. The molecule has 0 aromatic heterocycles. The number of para-hydroxylation sites is 2. The zero-order valence-electron chi connectivity index (χ0n) is 17.7. The first-order valence-corrected chi connectivity index (χ1v) is 11.7. The normalized spacial score (nSPS) is 13.8. The first-order valence-electron chi connectivity index (χ1n) is 10.2. The van der Waals surface area contributed by atoms with E-state index in [1.54, 1.807) is 17.0 Å². The lowest BCUT2D eigenvalue weighted by atomic mass is 10.2. The Labute approximate surface area is 190 Å². The summed E-state index contributed by atoms with van der Waals surface area (Å²) in [5, 5.41) is 0. The Morgan fingerprint density at radius 3 is 2.42 bits per heavy atom. The van der Waals surface area contributed by atoms with Gasteiger partial charge in [-0.05, 0) is 61.4 Å². The number of fused-ring (bicyclic) bond motifs is 1. The van der Waals surface area contributed by atoms with Crippen LogP contribution in [0.5, 0.6) is 0 Å². The molecule has 0 radical (unpaired) electrons. The van der Waals surface area contributed by atoms with E-state index in [-0.39, 0.29) is 22.1 Å². The van der Waals surface area contributed by atoms with Gasteiger partial charge in [0.05, 0.1) is 16.1 Å². The number of sulfonamides is 1. The molecule has 1 amide bonds. The fourth-order valence-electron chi connectivity index (χ4n) is 3.63. The number of anilines is 2. The average Bonchev–Trinajstić information content (AvgIpc) is 3.23. The number of nitrogens with zero attached hydrogens (tertiary/aromatic N) is 1. The number of carbonyl (C=O) groups is 2. The van der Waals surface area contributed by atoms with Crippen molar-refractivity contribution in [3.63, 3.8) is 0 Å². The highest BCUT2D eigenvalue weighted by molar-refractivity contribution is 7.92. The number of esters is 1. The number of benzene rings is 3. The third-order valence-electron chi connectivity index (χ3n) is 5.30. The highest BCUT2D eigenvalue weighted by Crippen LogP contribution is 2.28. The largest absolute Gasteiger partial charge is 0.449 e. The summed E-state index contributed by atoms with van der Waals surface area (Å²) in [7, 11) is -4.08. The Hall–Kier alpha value is -3.72. The van der Waals surface area contributed by atoms with E-state index >= 15 is 0 Å². The molecule has 33 heavy (non-hydrogen) atoms. The summed E-state index contributed by atoms with van der Waals surface area (Å²) in [5.74, 6) is -1.78. The highest BCUT2D eigenvalue weighted by atomic mass is 32.2. The van der Waals surface area contributed by atoms with Crippen LogP contribution in [0.3, 0.4) is 0 Å². The fraction of sp³-hybridized carbons (Fsp3) is 0.167. The molecule has 0 aliphatic carbocycles. The van der Waals surface area contributed by atoms with E-state index in [1.165, 1.54) is 19.1 Å². The smallest absolute Gasteiger partial charge is 0.341 e. The van der Waals surface area contributed by atoms with Gasteiger partial charge in [0.2, 0.25) is 0 Å². The van der Waals surface area contributed by atoms with Crippen molar-refractivity contribution in [3.05, 3.63) is 89.7 Å². The van der Waals surface area contributed by atoms with Crippen molar-refractivity contribution >= 4 is 33.3 Å². The SMILES string of the molecule is CC(OC(=O)c1ccccc1NS(=O)(=O)c1ccc(F)cc1)C(=O)N1CCc2ccccc21. The summed E-state index contributed by atoms with van der Waals surface area (Å²) in [5.41, 5.74) is 1.77. The van der Waals surface area contributed by atoms with E-state index in [2.05, 4.69) is 4.72 Å². The van der Waals surface area contributed by atoms with E-state index in [0.29, 0.717) is 6.54 Å². The van der Waals surface area contributed by atoms with Crippen molar-refractivity contribution in [1.29, 1.82) is 0 Å². The summed E-state index contributed by atoms with van der Waals surface area (Å²) in [6.07, 6.45) is -0.359. The van der Waals surface area contributed by atoms with Gasteiger partial charge in [0.1, 0.15) is 5.82 Å². The lowest BCUT2D eigenvalue weighted by Gasteiger charge is -2.22.